The molecule has 2 aromatic carbocycles. The molecule has 1 fully saturated rings. The van der Waals surface area contributed by atoms with Crippen molar-refractivity contribution in [2.75, 3.05) is 7.11 Å². The molecule has 0 unspecified atom stereocenters. The van der Waals surface area contributed by atoms with Crippen LogP contribution in [0.5, 0.6) is 0 Å². The van der Waals surface area contributed by atoms with Gasteiger partial charge in [0.15, 0.2) is 0 Å². The van der Waals surface area contributed by atoms with Crippen LogP contribution in [0.1, 0.15) is 56.1 Å². The van der Waals surface area contributed by atoms with Gasteiger partial charge in [0, 0.05) is 7.11 Å². The quantitative estimate of drug-likeness (QED) is 0.527. The van der Waals surface area contributed by atoms with Gasteiger partial charge in [-0.2, -0.15) is 0 Å². The highest BCUT2D eigenvalue weighted by Crippen LogP contribution is 2.36. The number of benzene rings is 2. The van der Waals surface area contributed by atoms with Gasteiger partial charge < -0.3 is 4.74 Å². The van der Waals surface area contributed by atoms with Crippen LogP contribution in [0.2, 0.25) is 0 Å². The Morgan fingerprint density at radius 3 is 2.31 bits per heavy atom. The summed E-state index contributed by atoms with van der Waals surface area (Å²) in [4.78, 5) is 0. The molecule has 1 nitrogen and oxygen atoms in total. The van der Waals surface area contributed by atoms with Gasteiger partial charge in [-0.1, -0.05) is 48.6 Å². The van der Waals surface area contributed by atoms with Crippen LogP contribution in [0, 0.1) is 5.82 Å². The zero-order chi connectivity index (χ0) is 18.4. The fourth-order valence-corrected chi connectivity index (χ4v) is 3.93. The molecular formula is C24H29FO. The molecule has 0 radical (unpaired) electrons. The average molecular weight is 352 g/mol. The normalized spacial score (nSPS) is 20.6. The molecule has 0 N–H and O–H groups in total. The van der Waals surface area contributed by atoms with E-state index in [0.717, 1.165) is 55.2 Å². The van der Waals surface area contributed by atoms with Crippen LogP contribution in [-0.2, 0) is 11.2 Å². The van der Waals surface area contributed by atoms with E-state index < -0.39 is 0 Å². The smallest absolute Gasteiger partial charge is 0.127 e. The highest BCUT2D eigenvalue weighted by Gasteiger charge is 2.24. The van der Waals surface area contributed by atoms with Crippen molar-refractivity contribution in [3.05, 3.63) is 71.6 Å². The fraction of sp³-hybridized carbons (Fsp3) is 0.417. The molecular weight excluding hydrogens is 323 g/mol. The SMILES string of the molecule is C/C=C/CCc1ccc(-c2ccc(C3CCC(OC)CC3)c(F)c2)cc1. The molecule has 0 saturated heterocycles. The molecule has 26 heavy (non-hydrogen) atoms. The Hall–Kier alpha value is -1.93. The topological polar surface area (TPSA) is 9.23 Å². The summed E-state index contributed by atoms with van der Waals surface area (Å²) in [5.41, 5.74) is 4.22. The monoisotopic (exact) mass is 352 g/mol. The largest absolute Gasteiger partial charge is 0.381 e. The van der Waals surface area contributed by atoms with Crippen molar-refractivity contribution in [1.29, 1.82) is 0 Å². The molecule has 3 rings (SSSR count). The van der Waals surface area contributed by atoms with Crippen LogP contribution < -0.4 is 0 Å². The second kappa shape index (κ2) is 9.14. The first-order valence-electron chi connectivity index (χ1n) is 9.74. The third-order valence-corrected chi connectivity index (χ3v) is 5.57. The number of rotatable bonds is 6. The van der Waals surface area contributed by atoms with E-state index >= 15 is 0 Å². The summed E-state index contributed by atoms with van der Waals surface area (Å²) in [5.74, 6) is 0.255. The van der Waals surface area contributed by atoms with Gasteiger partial charge in [0.25, 0.3) is 0 Å². The van der Waals surface area contributed by atoms with Crippen molar-refractivity contribution in [1.82, 2.24) is 0 Å². The molecule has 2 heteroatoms. The first-order chi connectivity index (χ1) is 12.7. The van der Waals surface area contributed by atoms with Crippen LogP contribution >= 0.6 is 0 Å². The van der Waals surface area contributed by atoms with E-state index in [0.29, 0.717) is 12.0 Å². The lowest BCUT2D eigenvalue weighted by Crippen LogP contribution is -2.19. The number of halogens is 1. The van der Waals surface area contributed by atoms with Crippen molar-refractivity contribution < 1.29 is 9.13 Å². The van der Waals surface area contributed by atoms with Crippen LogP contribution in [0.3, 0.4) is 0 Å². The lowest BCUT2D eigenvalue weighted by molar-refractivity contribution is 0.0655. The van der Waals surface area contributed by atoms with Gasteiger partial charge in [0.05, 0.1) is 6.10 Å². The van der Waals surface area contributed by atoms with Gasteiger partial charge in [-0.15, -0.1) is 0 Å². The van der Waals surface area contributed by atoms with E-state index in [2.05, 4.69) is 42.5 Å². The zero-order valence-corrected chi connectivity index (χ0v) is 15.9. The Bertz CT molecular complexity index is 724. The van der Waals surface area contributed by atoms with E-state index in [4.69, 9.17) is 4.74 Å². The first kappa shape index (κ1) is 18.8. The summed E-state index contributed by atoms with van der Waals surface area (Å²) in [6, 6.07) is 14.3. The van der Waals surface area contributed by atoms with Gasteiger partial charge in [-0.3, -0.25) is 0 Å². The van der Waals surface area contributed by atoms with Gasteiger partial charge in [0.1, 0.15) is 5.82 Å². The number of aryl methyl sites for hydroxylation is 1. The van der Waals surface area contributed by atoms with Crippen molar-refractivity contribution in [2.45, 2.75) is 57.5 Å². The summed E-state index contributed by atoms with van der Waals surface area (Å²) >= 11 is 0. The van der Waals surface area contributed by atoms with Gasteiger partial charge in [0.2, 0.25) is 0 Å². The number of hydrogen-bond acceptors (Lipinski definition) is 1. The van der Waals surface area contributed by atoms with Crippen molar-refractivity contribution >= 4 is 0 Å². The minimum absolute atomic E-state index is 0.0690. The molecule has 0 bridgehead atoms. The minimum Gasteiger partial charge on any atom is -0.381 e. The van der Waals surface area contributed by atoms with E-state index in [-0.39, 0.29) is 5.82 Å². The number of hydrogen-bond donors (Lipinski definition) is 0. The van der Waals surface area contributed by atoms with Gasteiger partial charge in [-0.05, 0) is 79.7 Å². The minimum atomic E-state index is -0.0690. The number of methoxy groups -OCH3 is 1. The molecule has 0 spiro atoms. The van der Waals surface area contributed by atoms with Crippen molar-refractivity contribution in [3.8, 4) is 11.1 Å². The van der Waals surface area contributed by atoms with E-state index in [9.17, 15) is 4.39 Å². The Morgan fingerprint density at radius 2 is 1.69 bits per heavy atom. The average Bonchev–Trinajstić information content (AvgIpc) is 2.69. The van der Waals surface area contributed by atoms with Crippen LogP contribution in [0.25, 0.3) is 11.1 Å². The maximum Gasteiger partial charge on any atom is 0.127 e. The maximum absolute atomic E-state index is 14.7. The molecule has 0 heterocycles. The van der Waals surface area contributed by atoms with E-state index in [1.165, 1.54) is 5.56 Å². The Morgan fingerprint density at radius 1 is 1.00 bits per heavy atom. The summed E-state index contributed by atoms with van der Waals surface area (Å²) < 4.78 is 20.2. The third-order valence-electron chi connectivity index (χ3n) is 5.57. The molecule has 1 aliphatic rings. The molecule has 2 aromatic rings. The molecule has 1 saturated carbocycles. The fourth-order valence-electron chi connectivity index (χ4n) is 3.93. The van der Waals surface area contributed by atoms with Crippen molar-refractivity contribution in [2.24, 2.45) is 0 Å². The molecule has 0 atom stereocenters. The second-order valence-electron chi connectivity index (χ2n) is 7.25. The Kier molecular flexibility index (Phi) is 6.62. The molecule has 0 aromatic heterocycles. The zero-order valence-electron chi connectivity index (χ0n) is 15.9. The van der Waals surface area contributed by atoms with E-state index in [1.54, 1.807) is 13.2 Å². The molecule has 0 amide bonds. The highest BCUT2D eigenvalue weighted by atomic mass is 19.1. The first-order valence-corrected chi connectivity index (χ1v) is 9.74. The lowest BCUT2D eigenvalue weighted by Gasteiger charge is -2.28. The van der Waals surface area contributed by atoms with Crippen LogP contribution in [0.15, 0.2) is 54.6 Å². The van der Waals surface area contributed by atoms with Gasteiger partial charge >= 0.3 is 0 Å². The number of allylic oxidation sites excluding steroid dienone is 2. The van der Waals surface area contributed by atoms with Crippen molar-refractivity contribution in [3.63, 3.8) is 0 Å². The summed E-state index contributed by atoms with van der Waals surface area (Å²) in [6.45, 7) is 2.05. The van der Waals surface area contributed by atoms with E-state index in [1.807, 2.05) is 13.0 Å². The lowest BCUT2D eigenvalue weighted by atomic mass is 9.82. The maximum atomic E-state index is 14.7. The van der Waals surface area contributed by atoms with Crippen LogP contribution in [-0.4, -0.2) is 13.2 Å². The van der Waals surface area contributed by atoms with Gasteiger partial charge in [-0.25, -0.2) is 4.39 Å². The Labute approximate surface area is 156 Å². The molecule has 138 valence electrons. The molecule has 0 aliphatic heterocycles. The van der Waals surface area contributed by atoms with Crippen LogP contribution in [0.4, 0.5) is 4.39 Å². The Balaban J connectivity index is 1.69. The standard InChI is InChI=1S/C24H29FO/c1-3-4-5-6-18-7-9-19(10-8-18)21-13-16-23(24(25)17-21)20-11-14-22(26-2)15-12-20/h3-4,7-10,13,16-17,20,22H,5-6,11-12,14-15H2,1-2H3/b4-3+. The summed E-state index contributed by atoms with van der Waals surface area (Å²) in [5, 5.41) is 0. The predicted molar refractivity (Wildman–Crippen MR) is 107 cm³/mol. The predicted octanol–water partition coefficient (Wildman–Crippen LogP) is 6.67. The number of ether oxygens (including phenoxy) is 1. The third kappa shape index (κ3) is 4.62. The molecule has 1 aliphatic carbocycles. The summed E-state index contributed by atoms with van der Waals surface area (Å²) in [7, 11) is 1.77. The summed E-state index contributed by atoms with van der Waals surface area (Å²) in [6.07, 6.45) is 10.8. The second-order valence-corrected chi connectivity index (χ2v) is 7.25. The highest BCUT2D eigenvalue weighted by molar-refractivity contribution is 5.64.